The van der Waals surface area contributed by atoms with Gasteiger partial charge < -0.3 is 28.4 Å². The summed E-state index contributed by atoms with van der Waals surface area (Å²) in [6, 6.07) is 127. The maximum Gasteiger partial charge on any atom is 0.252 e. The Morgan fingerprint density at radius 1 is 0.227 bits per heavy atom. The van der Waals surface area contributed by atoms with Gasteiger partial charge in [-0.25, -0.2) is 0 Å². The number of hydrogen-bond donors (Lipinski definition) is 0. The minimum Gasteiger partial charge on any atom is -0.455 e. The second-order valence-electron chi connectivity index (χ2n) is 42.3. The smallest absolute Gasteiger partial charge is 0.252 e. The zero-order chi connectivity index (χ0) is 88.1. The van der Waals surface area contributed by atoms with E-state index in [2.05, 4.69) is 471 Å². The summed E-state index contributed by atoms with van der Waals surface area (Å²) >= 11 is 0. The number of hydrogen-bond acceptors (Lipinski definition) is 6. The summed E-state index contributed by atoms with van der Waals surface area (Å²) in [6.45, 7) is 39.7. The van der Waals surface area contributed by atoms with Crippen LogP contribution in [0.3, 0.4) is 0 Å². The van der Waals surface area contributed by atoms with E-state index in [1.807, 2.05) is 0 Å². The van der Waals surface area contributed by atoms with E-state index in [9.17, 15) is 0 Å². The Kier molecular flexibility index (Phi) is 18.3. The number of anilines is 12. The SMILES string of the molecule is CC(C)(C)c1ccc(N2c3cc(C(C)(C)C)ccc3B3c4cc(C(C)(C)C)ccc4N(c4ccc(-c5cccc6c5oc5ccc(CC(C)(C)c7ccc(N8c9ccc(C(C)(C)C)cc9B9c%10ccc(C(C)(C)C)cc%10N(c%10ccc(-c%11cccc%12c%11oc%11ccccc%11%12)cc%10)c%10cc(-c%11ccccc%11)cc8c%109)cc7)cc56)cc4)c4cc(-c5ccccc5)cc2c43)cc1. The van der Waals surface area contributed by atoms with Crippen LogP contribution in [0.1, 0.15) is 157 Å². The lowest BCUT2D eigenvalue weighted by Gasteiger charge is -2.45. The number of fused-ring (bicyclic) bond motifs is 14. The lowest BCUT2D eigenvalue weighted by atomic mass is 9.33. The topological polar surface area (TPSA) is 39.2 Å². The molecule has 4 aliphatic heterocycles. The van der Waals surface area contributed by atoms with Gasteiger partial charge in [0.1, 0.15) is 22.3 Å². The van der Waals surface area contributed by atoms with Crippen LogP contribution in [0, 0.1) is 0 Å². The van der Waals surface area contributed by atoms with E-state index in [1.165, 1.54) is 134 Å². The molecular formula is C120H108B2N4O2. The number of para-hydroxylation sites is 3. The van der Waals surface area contributed by atoms with Crippen LogP contribution in [-0.4, -0.2) is 13.4 Å². The molecule has 16 aromatic carbocycles. The molecule has 2 aromatic heterocycles. The quantitative estimate of drug-likeness (QED) is 0.120. The summed E-state index contributed by atoms with van der Waals surface area (Å²) < 4.78 is 13.7. The Hall–Kier alpha value is -13.6. The van der Waals surface area contributed by atoms with Gasteiger partial charge in [-0.3, -0.25) is 0 Å². The van der Waals surface area contributed by atoms with E-state index in [4.69, 9.17) is 8.83 Å². The Balaban J connectivity index is 0.616. The molecule has 128 heavy (non-hydrogen) atoms. The molecule has 18 aromatic rings. The minimum atomic E-state index is -0.257. The molecule has 0 bridgehead atoms. The summed E-state index contributed by atoms with van der Waals surface area (Å²) in [7, 11) is 0. The number of furan rings is 2. The molecule has 0 spiro atoms. The fourth-order valence-corrected chi connectivity index (χ4v) is 21.1. The molecule has 0 fully saturated rings. The highest BCUT2D eigenvalue weighted by molar-refractivity contribution is 7.01. The van der Waals surface area contributed by atoms with Crippen molar-refractivity contribution in [1.82, 2.24) is 0 Å². The summed E-state index contributed by atoms with van der Waals surface area (Å²) in [5.74, 6) is 0. The third-order valence-corrected chi connectivity index (χ3v) is 28.2. The first kappa shape index (κ1) is 80.3. The van der Waals surface area contributed by atoms with Gasteiger partial charge in [0.15, 0.2) is 0 Å². The first-order valence-corrected chi connectivity index (χ1v) is 45.9. The molecule has 626 valence electrons. The highest BCUT2D eigenvalue weighted by Gasteiger charge is 2.48. The highest BCUT2D eigenvalue weighted by Crippen LogP contribution is 2.53. The van der Waals surface area contributed by atoms with Crippen LogP contribution in [0.5, 0.6) is 0 Å². The van der Waals surface area contributed by atoms with Gasteiger partial charge in [-0.05, 0) is 259 Å². The predicted octanol–water partition coefficient (Wildman–Crippen LogP) is 29.3. The van der Waals surface area contributed by atoms with Crippen LogP contribution in [0.25, 0.3) is 88.4 Å². The van der Waals surface area contributed by atoms with Crippen molar-refractivity contribution in [3.63, 3.8) is 0 Å². The van der Waals surface area contributed by atoms with Crippen LogP contribution in [-0.2, 0) is 38.9 Å². The van der Waals surface area contributed by atoms with Gasteiger partial charge in [-0.1, -0.05) is 336 Å². The zero-order valence-corrected chi connectivity index (χ0v) is 76.7. The normalized spacial score (nSPS) is 13.8. The van der Waals surface area contributed by atoms with Gasteiger partial charge in [-0.2, -0.15) is 0 Å². The monoisotopic (exact) mass is 1660 g/mol. The minimum absolute atomic E-state index is 0.000612. The average molecular weight is 1660 g/mol. The summed E-state index contributed by atoms with van der Waals surface area (Å²) in [5.41, 5.74) is 42.9. The van der Waals surface area contributed by atoms with E-state index in [-0.39, 0.29) is 45.9 Å². The van der Waals surface area contributed by atoms with Gasteiger partial charge in [-0.15, -0.1) is 0 Å². The molecule has 0 radical (unpaired) electrons. The van der Waals surface area contributed by atoms with E-state index < -0.39 is 0 Å². The lowest BCUT2D eigenvalue weighted by molar-refractivity contribution is 0.522. The van der Waals surface area contributed by atoms with Gasteiger partial charge in [0, 0.05) is 101 Å². The fraction of sp³-hybridized carbons (Fsp3) is 0.200. The van der Waals surface area contributed by atoms with Crippen molar-refractivity contribution >= 4 is 158 Å². The largest absolute Gasteiger partial charge is 0.455 e. The first-order valence-electron chi connectivity index (χ1n) is 45.9. The van der Waals surface area contributed by atoms with E-state index in [0.29, 0.717) is 0 Å². The maximum absolute atomic E-state index is 7.09. The summed E-state index contributed by atoms with van der Waals surface area (Å²) in [4.78, 5) is 10.3. The molecule has 22 rings (SSSR count). The van der Waals surface area contributed by atoms with Crippen LogP contribution < -0.4 is 52.4 Å². The zero-order valence-electron chi connectivity index (χ0n) is 76.7. The molecule has 0 amide bonds. The van der Waals surface area contributed by atoms with Crippen molar-refractivity contribution in [3.05, 3.63) is 373 Å². The van der Waals surface area contributed by atoms with Crippen molar-refractivity contribution in [1.29, 1.82) is 0 Å². The van der Waals surface area contributed by atoms with Gasteiger partial charge >= 0.3 is 0 Å². The first-order chi connectivity index (χ1) is 61.3. The maximum atomic E-state index is 7.09. The third kappa shape index (κ3) is 13.4. The van der Waals surface area contributed by atoms with Crippen molar-refractivity contribution < 1.29 is 8.83 Å². The predicted molar refractivity (Wildman–Crippen MR) is 547 cm³/mol. The van der Waals surface area contributed by atoms with Crippen molar-refractivity contribution in [2.45, 2.75) is 157 Å². The molecule has 0 aliphatic carbocycles. The Morgan fingerprint density at radius 2 is 0.570 bits per heavy atom. The highest BCUT2D eigenvalue weighted by atomic mass is 16.3. The second-order valence-corrected chi connectivity index (χ2v) is 42.3. The number of nitrogens with zero attached hydrogens (tertiary/aromatic N) is 4. The second kappa shape index (κ2) is 29.3. The van der Waals surface area contributed by atoms with Crippen molar-refractivity contribution in [3.8, 4) is 44.5 Å². The fourth-order valence-electron chi connectivity index (χ4n) is 21.1. The molecule has 4 aliphatic rings. The standard InChI is InChI=1S/C120H108B2N4O2/c1-115(2,3)81-43-55-90(56-44-81)126-104-72-86(119(13,14)15)48-60-98(104)122-99-69-83(116(4,5)6)49-61-101(99)123(105-65-79(68-108(126)111(105)122)75-28-20-18-21-29-75)87-51-39-78(40-52-87)92-34-27-36-95-96-64-74(38-63-110(96)128-114(92)95)73-120(16,17)82-45-57-89(58-46-82)124-102-62-50-84(117(7,8)9)70-100(102)121-97-59-47-85(118(10,11)12)71-103(97)125(107-67-80(66-106(124)112(107)121)76-30-22-19-23-31-76)88-53-41-77(42-54-88)91-33-26-35-94-93-32-24-25-37-109(93)127-113(91)94/h18-72H,73H2,1-17H3. The molecule has 8 heteroatoms. The molecule has 0 N–H and O–H groups in total. The van der Waals surface area contributed by atoms with E-state index in [1.54, 1.807) is 0 Å². The molecule has 0 unspecified atom stereocenters. The summed E-state index contributed by atoms with van der Waals surface area (Å²) in [5, 5.41) is 4.48. The van der Waals surface area contributed by atoms with Crippen LogP contribution in [0.15, 0.2) is 342 Å². The van der Waals surface area contributed by atoms with Gasteiger partial charge in [0.2, 0.25) is 0 Å². The Labute approximate surface area is 755 Å². The number of benzene rings is 16. The van der Waals surface area contributed by atoms with Gasteiger partial charge in [0.05, 0.1) is 0 Å². The Bertz CT molecular complexity index is 7510. The molecule has 0 saturated carbocycles. The van der Waals surface area contributed by atoms with Crippen LogP contribution >= 0.6 is 0 Å². The number of rotatable bonds is 11. The Morgan fingerprint density at radius 3 is 0.992 bits per heavy atom. The lowest BCUT2D eigenvalue weighted by Crippen LogP contribution is -2.61. The van der Waals surface area contributed by atoms with E-state index in [0.717, 1.165) is 101 Å². The molecular weight excluding hydrogens is 1550 g/mol. The van der Waals surface area contributed by atoms with Crippen molar-refractivity contribution in [2.75, 3.05) is 19.6 Å². The van der Waals surface area contributed by atoms with Gasteiger partial charge in [0.25, 0.3) is 13.4 Å². The van der Waals surface area contributed by atoms with E-state index >= 15 is 0 Å². The molecule has 0 atom stereocenters. The van der Waals surface area contributed by atoms with Crippen molar-refractivity contribution in [2.24, 2.45) is 0 Å². The summed E-state index contributed by atoms with van der Waals surface area (Å²) in [6.07, 6.45) is 0.817. The average Bonchev–Trinajstić information content (AvgIpc) is 0.873. The third-order valence-electron chi connectivity index (χ3n) is 28.2. The molecule has 6 nitrogen and oxygen atoms in total. The van der Waals surface area contributed by atoms with Crippen LogP contribution in [0.2, 0.25) is 0 Å². The molecule has 0 saturated heterocycles. The van der Waals surface area contributed by atoms with Crippen LogP contribution in [0.4, 0.5) is 68.2 Å². The molecule has 6 heterocycles.